The maximum atomic E-state index is 12.5. The van der Waals surface area contributed by atoms with E-state index in [1.165, 1.54) is 11.4 Å². The third-order valence-electron chi connectivity index (χ3n) is 4.39. The maximum Gasteiger partial charge on any atom is 0.261 e. The van der Waals surface area contributed by atoms with Crippen LogP contribution in [-0.4, -0.2) is 60.3 Å². The number of sulfonamides is 1. The Hall–Kier alpha value is -2.58. The first-order valence-corrected chi connectivity index (χ1v) is 9.79. The average Bonchev–Trinajstić information content (AvgIpc) is 2.90. The van der Waals surface area contributed by atoms with E-state index in [9.17, 15) is 18.0 Å². The zero-order valence-electron chi connectivity index (χ0n) is 14.3. The minimum atomic E-state index is -3.58. The second-order valence-electron chi connectivity index (χ2n) is 6.05. The summed E-state index contributed by atoms with van der Waals surface area (Å²) < 4.78 is 26.2. The fourth-order valence-electron chi connectivity index (χ4n) is 2.78. The summed E-state index contributed by atoms with van der Waals surface area (Å²) in [6.45, 7) is 0.155. The quantitative estimate of drug-likeness (QED) is 0.680. The van der Waals surface area contributed by atoms with Crippen LogP contribution in [-0.2, 0) is 16.4 Å². The summed E-state index contributed by atoms with van der Waals surface area (Å²) in [5.41, 5.74) is 1.63. The van der Waals surface area contributed by atoms with Gasteiger partial charge >= 0.3 is 0 Å². The van der Waals surface area contributed by atoms with Gasteiger partial charge in [0, 0.05) is 32.5 Å². The van der Waals surface area contributed by atoms with E-state index in [0.29, 0.717) is 24.1 Å². The van der Waals surface area contributed by atoms with E-state index in [1.54, 1.807) is 36.7 Å². The molecule has 2 amide bonds. The van der Waals surface area contributed by atoms with Crippen molar-refractivity contribution in [3.63, 3.8) is 0 Å². The predicted octanol–water partition coefficient (Wildman–Crippen LogP) is 1.18. The van der Waals surface area contributed by atoms with Gasteiger partial charge in [-0.3, -0.25) is 19.5 Å². The molecule has 26 heavy (non-hydrogen) atoms. The van der Waals surface area contributed by atoms with Crippen molar-refractivity contribution in [3.05, 3.63) is 65.5 Å². The van der Waals surface area contributed by atoms with E-state index in [2.05, 4.69) is 4.98 Å². The molecule has 0 saturated carbocycles. The Balaban J connectivity index is 1.60. The van der Waals surface area contributed by atoms with Gasteiger partial charge in [0.2, 0.25) is 10.0 Å². The molecule has 1 aromatic heterocycles. The van der Waals surface area contributed by atoms with Crippen LogP contribution in [0, 0.1) is 0 Å². The number of fused-ring (bicyclic) bond motifs is 1. The third-order valence-corrected chi connectivity index (χ3v) is 6.22. The molecule has 7 nitrogen and oxygen atoms in total. The van der Waals surface area contributed by atoms with Crippen LogP contribution in [0.2, 0.25) is 0 Å². The molecule has 136 valence electrons. The number of hydrogen-bond donors (Lipinski definition) is 0. The number of carbonyl (C=O) groups is 2. The van der Waals surface area contributed by atoms with Gasteiger partial charge in [-0.25, -0.2) is 12.7 Å². The largest absolute Gasteiger partial charge is 0.273 e. The monoisotopic (exact) mass is 373 g/mol. The molecule has 2 aromatic rings. The van der Waals surface area contributed by atoms with Crippen molar-refractivity contribution in [2.24, 2.45) is 0 Å². The van der Waals surface area contributed by atoms with Crippen LogP contribution in [0.5, 0.6) is 0 Å². The summed E-state index contributed by atoms with van der Waals surface area (Å²) in [5, 5.41) is 0. The molecule has 0 atom stereocenters. The second-order valence-corrected chi connectivity index (χ2v) is 8.25. The van der Waals surface area contributed by atoms with E-state index in [0.717, 1.165) is 10.5 Å². The van der Waals surface area contributed by atoms with E-state index in [4.69, 9.17) is 0 Å². The number of nitrogens with zero attached hydrogens (tertiary/aromatic N) is 3. The summed E-state index contributed by atoms with van der Waals surface area (Å²) >= 11 is 0. The summed E-state index contributed by atoms with van der Waals surface area (Å²) in [6, 6.07) is 10.2. The zero-order valence-corrected chi connectivity index (χ0v) is 15.1. The van der Waals surface area contributed by atoms with E-state index >= 15 is 0 Å². The molecule has 0 fully saturated rings. The lowest BCUT2D eigenvalue weighted by atomic mass is 10.1. The van der Waals surface area contributed by atoms with Crippen molar-refractivity contribution in [2.75, 3.05) is 25.9 Å². The maximum absolute atomic E-state index is 12.5. The molecule has 0 unspecified atom stereocenters. The van der Waals surface area contributed by atoms with Gasteiger partial charge in [-0.1, -0.05) is 12.1 Å². The minimum absolute atomic E-state index is 0.158. The number of likely N-dealkylation sites (N-methyl/N-ethyl adjacent to an activating group) is 1. The Bertz CT molecular complexity index is 893. The van der Waals surface area contributed by atoms with E-state index in [-0.39, 0.29) is 12.3 Å². The second kappa shape index (κ2) is 7.35. The lowest BCUT2D eigenvalue weighted by Crippen LogP contribution is -2.39. The summed E-state index contributed by atoms with van der Waals surface area (Å²) in [6.07, 6.45) is 3.88. The van der Waals surface area contributed by atoms with Crippen molar-refractivity contribution >= 4 is 21.8 Å². The van der Waals surface area contributed by atoms with Crippen molar-refractivity contribution in [1.82, 2.24) is 14.2 Å². The van der Waals surface area contributed by atoms with Gasteiger partial charge in [0.1, 0.15) is 0 Å². The molecule has 3 rings (SSSR count). The van der Waals surface area contributed by atoms with Gasteiger partial charge < -0.3 is 0 Å². The van der Waals surface area contributed by atoms with Gasteiger partial charge in [-0.15, -0.1) is 0 Å². The molecule has 8 heteroatoms. The molecular weight excluding hydrogens is 354 g/mol. The Kier molecular flexibility index (Phi) is 5.15. The topological polar surface area (TPSA) is 87.7 Å². The first-order valence-electron chi connectivity index (χ1n) is 8.18. The van der Waals surface area contributed by atoms with Crippen LogP contribution in [0.25, 0.3) is 0 Å². The molecule has 0 aliphatic carbocycles. The summed E-state index contributed by atoms with van der Waals surface area (Å²) in [7, 11) is -2.08. The highest BCUT2D eigenvalue weighted by atomic mass is 32.2. The molecule has 0 spiro atoms. The zero-order chi connectivity index (χ0) is 18.7. The van der Waals surface area contributed by atoms with Crippen molar-refractivity contribution < 1.29 is 18.0 Å². The van der Waals surface area contributed by atoms with Crippen LogP contribution >= 0.6 is 0 Å². The minimum Gasteiger partial charge on any atom is -0.273 e. The van der Waals surface area contributed by atoms with Crippen LogP contribution < -0.4 is 0 Å². The van der Waals surface area contributed by atoms with Crippen LogP contribution in [0.15, 0.2) is 48.8 Å². The first kappa shape index (κ1) is 18.2. The summed E-state index contributed by atoms with van der Waals surface area (Å²) in [4.78, 5) is 29.5. The Morgan fingerprint density at radius 2 is 1.58 bits per heavy atom. The van der Waals surface area contributed by atoms with Gasteiger partial charge in [0.15, 0.2) is 0 Å². The number of imide groups is 1. The molecule has 1 aliphatic heterocycles. The lowest BCUT2D eigenvalue weighted by molar-refractivity contribution is 0.0664. The smallest absolute Gasteiger partial charge is 0.261 e. The molecule has 1 aromatic carbocycles. The summed E-state index contributed by atoms with van der Waals surface area (Å²) in [5.74, 6) is -1.19. The molecule has 1 aliphatic rings. The fraction of sp³-hybridized carbons (Fsp3) is 0.278. The van der Waals surface area contributed by atoms with Gasteiger partial charge in [0.25, 0.3) is 11.8 Å². The Labute approximate surface area is 152 Å². The number of rotatable bonds is 7. The number of benzene rings is 1. The van der Waals surface area contributed by atoms with Gasteiger partial charge in [-0.05, 0) is 36.2 Å². The Morgan fingerprint density at radius 3 is 2.15 bits per heavy atom. The van der Waals surface area contributed by atoms with Crippen molar-refractivity contribution in [1.29, 1.82) is 0 Å². The standard InChI is InChI=1S/C18H19N3O4S/c1-20(11-8-14-6-9-19-10-7-14)26(24,25)13-12-21-17(22)15-4-2-3-5-16(15)18(21)23/h2-7,9-10H,8,11-13H2,1H3. The molecular formula is C18H19N3O4S. The van der Waals surface area contributed by atoms with E-state index < -0.39 is 21.8 Å². The molecule has 0 N–H and O–H groups in total. The highest BCUT2D eigenvalue weighted by Crippen LogP contribution is 2.22. The number of pyridine rings is 1. The van der Waals surface area contributed by atoms with Crippen LogP contribution in [0.4, 0.5) is 0 Å². The fourth-order valence-corrected chi connectivity index (χ4v) is 3.87. The lowest BCUT2D eigenvalue weighted by Gasteiger charge is -2.19. The number of carbonyl (C=O) groups excluding carboxylic acids is 2. The SMILES string of the molecule is CN(CCc1ccncc1)S(=O)(=O)CCN1C(=O)c2ccccc2C1=O. The van der Waals surface area contributed by atoms with E-state index in [1.807, 2.05) is 12.1 Å². The van der Waals surface area contributed by atoms with Crippen molar-refractivity contribution in [3.8, 4) is 0 Å². The molecule has 2 heterocycles. The van der Waals surface area contributed by atoms with Crippen molar-refractivity contribution in [2.45, 2.75) is 6.42 Å². The predicted molar refractivity (Wildman–Crippen MR) is 96.2 cm³/mol. The van der Waals surface area contributed by atoms with Gasteiger partial charge in [-0.2, -0.15) is 0 Å². The highest BCUT2D eigenvalue weighted by Gasteiger charge is 2.35. The number of amides is 2. The van der Waals surface area contributed by atoms with Crippen LogP contribution in [0.3, 0.4) is 0 Å². The average molecular weight is 373 g/mol. The number of aromatic nitrogens is 1. The molecule has 0 radical (unpaired) electrons. The van der Waals surface area contributed by atoms with Gasteiger partial charge in [0.05, 0.1) is 16.9 Å². The third kappa shape index (κ3) is 3.66. The first-order chi connectivity index (χ1) is 12.4. The molecule has 0 bridgehead atoms. The van der Waals surface area contributed by atoms with Crippen LogP contribution in [0.1, 0.15) is 26.3 Å². The highest BCUT2D eigenvalue weighted by molar-refractivity contribution is 7.89. The Morgan fingerprint density at radius 1 is 1.00 bits per heavy atom. The number of hydrogen-bond acceptors (Lipinski definition) is 5. The molecule has 0 saturated heterocycles. The normalized spacial score (nSPS) is 14.2.